The molecule has 15 heavy (non-hydrogen) atoms. The van der Waals surface area contributed by atoms with Crippen LogP contribution in [0, 0.1) is 11.3 Å². The zero-order valence-corrected chi connectivity index (χ0v) is 10.9. The van der Waals surface area contributed by atoms with Crippen LogP contribution in [-0.4, -0.2) is 18.6 Å². The molecule has 3 N–H and O–H groups in total. The first-order valence-corrected chi connectivity index (χ1v) is 6.33. The Morgan fingerprint density at radius 1 is 1.27 bits per heavy atom. The highest BCUT2D eigenvalue weighted by atomic mass is 14.9. The van der Waals surface area contributed by atoms with Gasteiger partial charge in [-0.2, -0.15) is 0 Å². The van der Waals surface area contributed by atoms with Gasteiger partial charge in [-0.05, 0) is 30.7 Å². The van der Waals surface area contributed by atoms with E-state index in [0.29, 0.717) is 11.3 Å². The third-order valence-electron chi connectivity index (χ3n) is 4.01. The minimum absolute atomic E-state index is 0.0948. The van der Waals surface area contributed by atoms with Gasteiger partial charge in [-0.15, -0.1) is 0 Å². The van der Waals surface area contributed by atoms with Crippen molar-refractivity contribution in [2.24, 2.45) is 17.1 Å². The zero-order chi connectivity index (χ0) is 11.5. The quantitative estimate of drug-likeness (QED) is 0.751. The maximum Gasteiger partial charge on any atom is 0.0280 e. The minimum atomic E-state index is 0.0948. The topological polar surface area (TPSA) is 38.0 Å². The van der Waals surface area contributed by atoms with Crippen molar-refractivity contribution in [1.82, 2.24) is 5.32 Å². The summed E-state index contributed by atoms with van der Waals surface area (Å²) in [7, 11) is 0. The predicted octanol–water partition coefficient (Wildman–Crippen LogP) is 2.53. The summed E-state index contributed by atoms with van der Waals surface area (Å²) in [6, 6.07) is 0. The van der Waals surface area contributed by atoms with E-state index >= 15 is 0 Å². The molecule has 0 aromatic carbocycles. The average molecular weight is 212 g/mol. The Hall–Kier alpha value is -0.0800. The molecule has 2 nitrogen and oxygen atoms in total. The maximum atomic E-state index is 6.29. The van der Waals surface area contributed by atoms with Crippen LogP contribution in [0.25, 0.3) is 0 Å². The summed E-state index contributed by atoms with van der Waals surface area (Å²) in [5.74, 6) is 0.697. The Morgan fingerprint density at radius 3 is 2.27 bits per heavy atom. The van der Waals surface area contributed by atoms with Crippen LogP contribution in [0.4, 0.5) is 0 Å². The van der Waals surface area contributed by atoms with Crippen molar-refractivity contribution in [3.63, 3.8) is 0 Å². The van der Waals surface area contributed by atoms with Gasteiger partial charge in [0.15, 0.2) is 0 Å². The SMILES string of the molecule is CC(CNCC1(N)CCCC1)C(C)(C)C. The van der Waals surface area contributed by atoms with Crippen molar-refractivity contribution in [3.05, 3.63) is 0 Å². The molecule has 0 aromatic heterocycles. The molecule has 0 bridgehead atoms. The van der Waals surface area contributed by atoms with Gasteiger partial charge in [-0.1, -0.05) is 40.5 Å². The number of hydrogen-bond acceptors (Lipinski definition) is 2. The van der Waals surface area contributed by atoms with Crippen molar-refractivity contribution in [2.75, 3.05) is 13.1 Å². The predicted molar refractivity (Wildman–Crippen MR) is 66.9 cm³/mol. The lowest BCUT2D eigenvalue weighted by Gasteiger charge is -2.30. The summed E-state index contributed by atoms with van der Waals surface area (Å²) >= 11 is 0. The highest BCUT2D eigenvalue weighted by Gasteiger charge is 2.29. The lowest BCUT2D eigenvalue weighted by atomic mass is 9.82. The average Bonchev–Trinajstić information content (AvgIpc) is 2.50. The van der Waals surface area contributed by atoms with Gasteiger partial charge in [0.25, 0.3) is 0 Å². The van der Waals surface area contributed by atoms with E-state index < -0.39 is 0 Å². The van der Waals surface area contributed by atoms with Crippen molar-refractivity contribution < 1.29 is 0 Å². The van der Waals surface area contributed by atoms with Crippen molar-refractivity contribution in [2.45, 2.75) is 58.9 Å². The van der Waals surface area contributed by atoms with E-state index in [1.165, 1.54) is 25.7 Å². The third-order valence-corrected chi connectivity index (χ3v) is 4.01. The number of nitrogens with one attached hydrogen (secondary N) is 1. The summed E-state index contributed by atoms with van der Waals surface area (Å²) in [4.78, 5) is 0. The molecule has 1 aliphatic carbocycles. The molecular weight excluding hydrogens is 184 g/mol. The van der Waals surface area contributed by atoms with Gasteiger partial charge in [0.1, 0.15) is 0 Å². The van der Waals surface area contributed by atoms with E-state index in [9.17, 15) is 0 Å². The molecule has 0 saturated heterocycles. The lowest BCUT2D eigenvalue weighted by molar-refractivity contribution is 0.245. The van der Waals surface area contributed by atoms with E-state index in [1.54, 1.807) is 0 Å². The van der Waals surface area contributed by atoms with E-state index in [0.717, 1.165) is 13.1 Å². The fraction of sp³-hybridized carbons (Fsp3) is 1.00. The molecule has 0 heterocycles. The first kappa shape index (κ1) is 13.0. The molecule has 2 heteroatoms. The van der Waals surface area contributed by atoms with E-state index in [2.05, 4.69) is 33.0 Å². The Balaban J connectivity index is 2.21. The Bertz CT molecular complexity index is 187. The zero-order valence-electron chi connectivity index (χ0n) is 10.9. The molecule has 1 unspecified atom stereocenters. The third kappa shape index (κ3) is 4.12. The van der Waals surface area contributed by atoms with Gasteiger partial charge in [-0.3, -0.25) is 0 Å². The molecule has 0 amide bonds. The molecule has 0 aliphatic heterocycles. The number of rotatable bonds is 4. The smallest absolute Gasteiger partial charge is 0.0280 e. The van der Waals surface area contributed by atoms with Gasteiger partial charge in [0, 0.05) is 12.1 Å². The number of hydrogen-bond donors (Lipinski definition) is 2. The molecule has 1 aliphatic rings. The minimum Gasteiger partial charge on any atom is -0.324 e. The largest absolute Gasteiger partial charge is 0.324 e. The van der Waals surface area contributed by atoms with Crippen LogP contribution in [0.2, 0.25) is 0 Å². The summed E-state index contributed by atoms with van der Waals surface area (Å²) in [6.45, 7) is 11.3. The van der Waals surface area contributed by atoms with Gasteiger partial charge < -0.3 is 11.1 Å². The maximum absolute atomic E-state index is 6.29. The molecule has 0 aromatic rings. The van der Waals surface area contributed by atoms with Gasteiger partial charge >= 0.3 is 0 Å². The van der Waals surface area contributed by atoms with Crippen LogP contribution in [0.1, 0.15) is 53.4 Å². The molecule has 1 fully saturated rings. The van der Waals surface area contributed by atoms with Crippen LogP contribution in [0.15, 0.2) is 0 Å². The first-order valence-electron chi connectivity index (χ1n) is 6.33. The van der Waals surface area contributed by atoms with E-state index in [4.69, 9.17) is 5.73 Å². The molecular formula is C13H28N2. The summed E-state index contributed by atoms with van der Waals surface area (Å²) in [5.41, 5.74) is 6.78. The van der Waals surface area contributed by atoms with E-state index in [1.807, 2.05) is 0 Å². The van der Waals surface area contributed by atoms with Crippen molar-refractivity contribution in [1.29, 1.82) is 0 Å². The molecule has 90 valence electrons. The molecule has 1 rings (SSSR count). The molecule has 1 saturated carbocycles. The highest BCUT2D eigenvalue weighted by Crippen LogP contribution is 2.27. The molecule has 1 atom stereocenters. The van der Waals surface area contributed by atoms with Crippen LogP contribution >= 0.6 is 0 Å². The Morgan fingerprint density at radius 2 is 1.80 bits per heavy atom. The second-order valence-electron chi connectivity index (χ2n) is 6.47. The lowest BCUT2D eigenvalue weighted by Crippen LogP contribution is -2.47. The second-order valence-corrected chi connectivity index (χ2v) is 6.47. The summed E-state index contributed by atoms with van der Waals surface area (Å²) in [6.07, 6.45) is 5.02. The van der Waals surface area contributed by atoms with Gasteiger partial charge in [0.2, 0.25) is 0 Å². The Kier molecular flexibility index (Phi) is 4.19. The van der Waals surface area contributed by atoms with Gasteiger partial charge in [-0.25, -0.2) is 0 Å². The summed E-state index contributed by atoms with van der Waals surface area (Å²) < 4.78 is 0. The fourth-order valence-electron chi connectivity index (χ4n) is 2.10. The van der Waals surface area contributed by atoms with Crippen LogP contribution in [0.3, 0.4) is 0 Å². The van der Waals surface area contributed by atoms with Crippen LogP contribution < -0.4 is 11.1 Å². The van der Waals surface area contributed by atoms with Crippen molar-refractivity contribution in [3.8, 4) is 0 Å². The van der Waals surface area contributed by atoms with E-state index in [-0.39, 0.29) is 5.54 Å². The normalized spacial score (nSPS) is 23.0. The van der Waals surface area contributed by atoms with Crippen LogP contribution in [0.5, 0.6) is 0 Å². The Labute approximate surface area is 95.0 Å². The number of nitrogens with two attached hydrogens (primary N) is 1. The highest BCUT2D eigenvalue weighted by molar-refractivity contribution is 4.91. The summed E-state index contributed by atoms with van der Waals surface area (Å²) in [5, 5.41) is 3.55. The molecule has 0 spiro atoms. The van der Waals surface area contributed by atoms with Gasteiger partial charge in [0.05, 0.1) is 0 Å². The van der Waals surface area contributed by atoms with Crippen molar-refractivity contribution >= 4 is 0 Å². The second kappa shape index (κ2) is 4.84. The first-order chi connectivity index (χ1) is 6.83. The monoisotopic (exact) mass is 212 g/mol. The van der Waals surface area contributed by atoms with Crippen LogP contribution in [-0.2, 0) is 0 Å². The fourth-order valence-corrected chi connectivity index (χ4v) is 2.10. The molecule has 0 radical (unpaired) electrons. The standard InChI is InChI=1S/C13H28N2/c1-11(12(2,3)4)9-15-10-13(14)7-5-6-8-13/h11,15H,5-10,14H2,1-4H3.